The van der Waals surface area contributed by atoms with Gasteiger partial charge in [-0.2, -0.15) is 0 Å². The van der Waals surface area contributed by atoms with Crippen LogP contribution in [0.4, 0.5) is 0 Å². The lowest BCUT2D eigenvalue weighted by molar-refractivity contribution is 0.103. The lowest BCUT2D eigenvalue weighted by atomic mass is 9.92. The molecule has 8 aromatic rings. The summed E-state index contributed by atoms with van der Waals surface area (Å²) in [6.45, 7) is 0. The first-order valence-electron chi connectivity index (χ1n) is 16.4. The predicted molar refractivity (Wildman–Crippen MR) is 200 cm³/mol. The van der Waals surface area contributed by atoms with Gasteiger partial charge in [-0.1, -0.05) is 109 Å². The fourth-order valence-electron chi connectivity index (χ4n) is 6.88. The Hall–Kier alpha value is -7.52. The molecule has 0 saturated carbocycles. The molecule has 0 saturated heterocycles. The van der Waals surface area contributed by atoms with Crippen molar-refractivity contribution in [3.05, 3.63) is 155 Å². The third-order valence-corrected chi connectivity index (χ3v) is 9.49. The van der Waals surface area contributed by atoms with Gasteiger partial charge in [0.25, 0.3) is 0 Å². The summed E-state index contributed by atoms with van der Waals surface area (Å²) in [7, 11) is 0. The second-order valence-corrected chi connectivity index (χ2v) is 12.5. The maximum absolute atomic E-state index is 14.0. The van der Waals surface area contributed by atoms with E-state index >= 15 is 0 Å². The van der Waals surface area contributed by atoms with Crippen molar-refractivity contribution in [3.8, 4) is 34.5 Å². The Kier molecular flexibility index (Phi) is 7.81. The summed E-state index contributed by atoms with van der Waals surface area (Å²) in [6, 6.07) is 34.0. The molecular weight excluding hydrogens is 672 g/mol. The molecule has 8 aromatic carbocycles. The van der Waals surface area contributed by atoms with Crippen LogP contribution in [0.3, 0.4) is 0 Å². The maximum Gasteiger partial charge on any atom is 0.193 e. The van der Waals surface area contributed by atoms with E-state index in [0.717, 1.165) is 21.5 Å². The number of rotatable bonds is 8. The smallest absolute Gasteiger partial charge is 0.193 e. The summed E-state index contributed by atoms with van der Waals surface area (Å²) >= 11 is 0. The number of carbonyl (C=O) groups is 4. The summed E-state index contributed by atoms with van der Waals surface area (Å²) in [5, 5.41) is 48.0. The number of hydrogen-bond donors (Lipinski definition) is 4. The molecule has 0 atom stereocenters. The monoisotopic (exact) mass is 698 g/mol. The largest absolute Gasteiger partial charge is 0.504 e. The van der Waals surface area contributed by atoms with E-state index in [4.69, 9.17) is 4.74 Å². The van der Waals surface area contributed by atoms with Crippen LogP contribution in [0.15, 0.2) is 121 Å². The minimum Gasteiger partial charge on any atom is -0.504 e. The summed E-state index contributed by atoms with van der Waals surface area (Å²) in [5.74, 6) is -5.02. The SMILES string of the molecule is O=Cc1c(O)c(O)c2c(C(=O)c3ccc4ccccc4c3)cccc2c1Oc1c(C=O)c(O)c(O)c2c(C(=O)c3ccc4ccccc4c3)cccc12. The van der Waals surface area contributed by atoms with E-state index in [1.165, 1.54) is 36.4 Å². The third-order valence-electron chi connectivity index (χ3n) is 9.49. The number of aldehydes is 2. The summed E-state index contributed by atoms with van der Waals surface area (Å²) in [6.07, 6.45) is 0.471. The van der Waals surface area contributed by atoms with E-state index in [2.05, 4.69) is 0 Å². The fourth-order valence-corrected chi connectivity index (χ4v) is 6.88. The predicted octanol–water partition coefficient (Wildman–Crippen LogP) is 9.00. The minimum atomic E-state index is -0.895. The fraction of sp³-hybridized carbons (Fsp3) is 0. The van der Waals surface area contributed by atoms with Crippen LogP contribution in [0.2, 0.25) is 0 Å². The van der Waals surface area contributed by atoms with Crippen molar-refractivity contribution < 1.29 is 44.3 Å². The topological polar surface area (TPSA) is 158 Å². The van der Waals surface area contributed by atoms with Gasteiger partial charge in [-0.25, -0.2) is 0 Å². The molecule has 9 nitrogen and oxygen atoms in total. The van der Waals surface area contributed by atoms with Crippen LogP contribution < -0.4 is 4.74 Å². The molecule has 4 N–H and O–H groups in total. The summed E-state index contributed by atoms with van der Waals surface area (Å²) < 4.78 is 6.29. The van der Waals surface area contributed by atoms with Crippen LogP contribution >= 0.6 is 0 Å². The molecule has 0 aliphatic carbocycles. The standard InChI is InChI=1S/C44H26O9/c45-21-33-39(49)41(51)35-29(37(47)27-17-15-23-7-1-3-9-25(23)19-27)11-5-13-31(35)43(33)53-44-32-14-6-12-30(36(32)42(52)40(50)34(44)22-46)38(48)28-18-16-24-8-2-4-10-26(24)20-28/h1-22,49-52H. The van der Waals surface area contributed by atoms with Gasteiger partial charge in [0.05, 0.1) is 0 Å². The number of benzene rings is 8. The molecular formula is C44H26O9. The molecule has 0 spiro atoms. The summed E-state index contributed by atoms with van der Waals surface area (Å²) in [4.78, 5) is 53.0. The van der Waals surface area contributed by atoms with Crippen LogP contribution in [0, 0.1) is 0 Å². The zero-order valence-electron chi connectivity index (χ0n) is 27.5. The van der Waals surface area contributed by atoms with Crippen molar-refractivity contribution in [3.63, 3.8) is 0 Å². The highest BCUT2D eigenvalue weighted by Gasteiger charge is 2.29. The molecule has 0 bridgehead atoms. The Labute approximate surface area is 300 Å². The van der Waals surface area contributed by atoms with Crippen molar-refractivity contribution >= 4 is 67.2 Å². The number of carbonyl (C=O) groups excluding carboxylic acids is 4. The van der Waals surface area contributed by atoms with E-state index in [1.54, 1.807) is 36.4 Å². The first kappa shape index (κ1) is 32.7. The molecule has 0 unspecified atom stereocenters. The Bertz CT molecular complexity index is 2690. The Morgan fingerprint density at radius 3 is 1.25 bits per heavy atom. The van der Waals surface area contributed by atoms with Crippen LogP contribution in [-0.2, 0) is 0 Å². The van der Waals surface area contributed by atoms with Gasteiger partial charge < -0.3 is 25.2 Å². The first-order valence-corrected chi connectivity index (χ1v) is 16.4. The van der Waals surface area contributed by atoms with Gasteiger partial charge in [-0.3, -0.25) is 19.2 Å². The van der Waals surface area contributed by atoms with E-state index in [1.807, 2.05) is 48.5 Å². The van der Waals surface area contributed by atoms with Crippen molar-refractivity contribution in [1.82, 2.24) is 0 Å². The van der Waals surface area contributed by atoms with Crippen molar-refractivity contribution in [2.24, 2.45) is 0 Å². The van der Waals surface area contributed by atoms with Gasteiger partial charge in [0.1, 0.15) is 22.6 Å². The summed E-state index contributed by atoms with van der Waals surface area (Å²) in [5.41, 5.74) is -0.510. The highest BCUT2D eigenvalue weighted by Crippen LogP contribution is 2.51. The van der Waals surface area contributed by atoms with Crippen LogP contribution in [-0.4, -0.2) is 44.6 Å². The molecule has 0 fully saturated rings. The number of fused-ring (bicyclic) bond motifs is 4. The third kappa shape index (κ3) is 5.18. The van der Waals surface area contributed by atoms with E-state index in [0.29, 0.717) is 11.1 Å². The van der Waals surface area contributed by atoms with Crippen molar-refractivity contribution in [2.75, 3.05) is 0 Å². The molecule has 0 amide bonds. The lowest BCUT2D eigenvalue weighted by Crippen LogP contribution is -2.05. The highest BCUT2D eigenvalue weighted by molar-refractivity contribution is 6.22. The van der Waals surface area contributed by atoms with E-state index in [-0.39, 0.29) is 56.7 Å². The van der Waals surface area contributed by atoms with Gasteiger partial charge in [0.15, 0.2) is 47.1 Å². The quantitative estimate of drug-likeness (QED) is 0.0690. The molecule has 8 rings (SSSR count). The first-order chi connectivity index (χ1) is 25.7. The maximum atomic E-state index is 14.0. The number of phenols is 4. The highest BCUT2D eigenvalue weighted by atomic mass is 16.5. The lowest BCUT2D eigenvalue weighted by Gasteiger charge is -2.20. The molecule has 0 aromatic heterocycles. The molecule has 0 aliphatic rings. The van der Waals surface area contributed by atoms with Gasteiger partial charge in [0, 0.05) is 43.8 Å². The second-order valence-electron chi connectivity index (χ2n) is 12.5. The molecule has 0 aliphatic heterocycles. The minimum absolute atomic E-state index is 0.00926. The van der Waals surface area contributed by atoms with E-state index in [9.17, 15) is 39.6 Å². The van der Waals surface area contributed by atoms with Crippen molar-refractivity contribution in [2.45, 2.75) is 0 Å². The molecule has 256 valence electrons. The zero-order chi connectivity index (χ0) is 37.0. The molecule has 9 heteroatoms. The average molecular weight is 699 g/mol. The van der Waals surface area contributed by atoms with Gasteiger partial charge in [-0.05, 0) is 33.7 Å². The number of ketones is 2. The molecule has 0 heterocycles. The van der Waals surface area contributed by atoms with Gasteiger partial charge in [-0.15, -0.1) is 0 Å². The van der Waals surface area contributed by atoms with Crippen LogP contribution in [0.1, 0.15) is 52.6 Å². The number of aromatic hydroxyl groups is 4. The number of hydrogen-bond acceptors (Lipinski definition) is 9. The molecule has 53 heavy (non-hydrogen) atoms. The average Bonchev–Trinajstić information content (AvgIpc) is 3.20. The number of phenolic OH excluding ortho intramolecular Hbond substituents is 4. The molecule has 0 radical (unpaired) electrons. The van der Waals surface area contributed by atoms with Gasteiger partial charge in [0.2, 0.25) is 0 Å². The Balaban J connectivity index is 1.33. The van der Waals surface area contributed by atoms with Crippen LogP contribution in [0.25, 0.3) is 43.1 Å². The Morgan fingerprint density at radius 1 is 0.453 bits per heavy atom. The van der Waals surface area contributed by atoms with Crippen LogP contribution in [0.5, 0.6) is 34.5 Å². The Morgan fingerprint density at radius 2 is 0.849 bits per heavy atom. The normalized spacial score (nSPS) is 11.2. The second kappa shape index (κ2) is 12.7. The number of ether oxygens (including phenoxy) is 1. The zero-order valence-corrected chi connectivity index (χ0v) is 27.5. The van der Waals surface area contributed by atoms with Gasteiger partial charge >= 0.3 is 0 Å². The van der Waals surface area contributed by atoms with E-state index < -0.39 is 45.7 Å². The van der Waals surface area contributed by atoms with Crippen molar-refractivity contribution in [1.29, 1.82) is 0 Å².